The Kier molecular flexibility index (Phi) is 5.66. The van der Waals surface area contributed by atoms with Gasteiger partial charge >= 0.3 is 0 Å². The topological polar surface area (TPSA) is 61.9 Å². The summed E-state index contributed by atoms with van der Waals surface area (Å²) < 4.78 is 0. The molecule has 0 spiro atoms. The Labute approximate surface area is 171 Å². The van der Waals surface area contributed by atoms with Crippen LogP contribution in [0.25, 0.3) is 20.8 Å². The summed E-state index contributed by atoms with van der Waals surface area (Å²) in [7, 11) is 0. The molecular formula is C21H22N4OS2. The number of thiazole rings is 1. The van der Waals surface area contributed by atoms with Gasteiger partial charge in [0.15, 0.2) is 0 Å². The average molecular weight is 411 g/mol. The molecule has 4 rings (SSSR count). The molecule has 3 aromatic heterocycles. The first kappa shape index (κ1) is 19.0. The lowest BCUT2D eigenvalue weighted by atomic mass is 10.2. The summed E-state index contributed by atoms with van der Waals surface area (Å²) in [5, 5.41) is 5.89. The van der Waals surface area contributed by atoms with E-state index >= 15 is 0 Å². The number of hydrogen-bond acceptors (Lipinski definition) is 6. The fourth-order valence-electron chi connectivity index (χ4n) is 3.13. The number of hydrogen-bond donors (Lipinski definition) is 1. The predicted octanol–water partition coefficient (Wildman–Crippen LogP) is 4.91. The Morgan fingerprint density at radius 2 is 1.96 bits per heavy atom. The molecule has 1 atom stereocenters. The first-order chi connectivity index (χ1) is 13.6. The smallest absolute Gasteiger partial charge is 0.258 e. The molecule has 5 nitrogen and oxygen atoms in total. The zero-order valence-electron chi connectivity index (χ0n) is 15.9. The van der Waals surface area contributed by atoms with Gasteiger partial charge in [-0.05, 0) is 36.9 Å². The van der Waals surface area contributed by atoms with Crippen molar-refractivity contribution in [2.24, 2.45) is 0 Å². The number of aromatic nitrogens is 3. The summed E-state index contributed by atoms with van der Waals surface area (Å²) in [6, 6.07) is 12.0. The first-order valence-corrected chi connectivity index (χ1v) is 11.1. The van der Waals surface area contributed by atoms with Crippen LogP contribution in [0.15, 0.2) is 52.0 Å². The monoisotopic (exact) mass is 410 g/mol. The van der Waals surface area contributed by atoms with Crippen LogP contribution in [0.2, 0.25) is 0 Å². The molecule has 0 aliphatic heterocycles. The maximum atomic E-state index is 12.4. The fraction of sp³-hybridized carbons (Fsp3) is 0.286. The lowest BCUT2D eigenvalue weighted by molar-refractivity contribution is 0.179. The maximum absolute atomic E-state index is 12.4. The van der Waals surface area contributed by atoms with Gasteiger partial charge in [0.2, 0.25) is 0 Å². The van der Waals surface area contributed by atoms with Gasteiger partial charge in [0, 0.05) is 18.0 Å². The molecule has 144 valence electrons. The van der Waals surface area contributed by atoms with Crippen LogP contribution >= 0.6 is 22.7 Å². The number of fused-ring (bicyclic) bond motifs is 1. The van der Waals surface area contributed by atoms with Crippen molar-refractivity contribution in [2.75, 3.05) is 0 Å². The fourth-order valence-corrected chi connectivity index (χ4v) is 4.75. The van der Waals surface area contributed by atoms with Crippen molar-refractivity contribution < 1.29 is 0 Å². The molecular weight excluding hydrogens is 388 g/mol. The second kappa shape index (κ2) is 8.34. The molecule has 28 heavy (non-hydrogen) atoms. The lowest BCUT2D eigenvalue weighted by Crippen LogP contribution is -2.33. The standard InChI is InChI=1S/C21H22N4OS2/c1-3-14(2)25(11-15-13-28-21(22-15)18-9-6-10-27-18)12-19-23-17-8-5-4-7-16(17)20(26)24-19/h4-10,13-14H,3,11-12H2,1-2H3,(H,23,24,26). The minimum absolute atomic E-state index is 0.0849. The number of rotatable bonds is 7. The minimum Gasteiger partial charge on any atom is -0.309 e. The summed E-state index contributed by atoms with van der Waals surface area (Å²) in [6.07, 6.45) is 1.01. The molecule has 0 bridgehead atoms. The van der Waals surface area contributed by atoms with E-state index in [0.717, 1.165) is 29.2 Å². The summed E-state index contributed by atoms with van der Waals surface area (Å²) in [5.74, 6) is 0.692. The van der Waals surface area contributed by atoms with E-state index in [2.05, 4.69) is 45.5 Å². The molecule has 0 fully saturated rings. The van der Waals surface area contributed by atoms with Crippen LogP contribution in [0, 0.1) is 0 Å². The number of H-pyrrole nitrogens is 1. The van der Waals surface area contributed by atoms with Crippen LogP contribution in [-0.2, 0) is 13.1 Å². The van der Waals surface area contributed by atoms with Crippen LogP contribution < -0.4 is 5.56 Å². The number of nitrogens with one attached hydrogen (secondary N) is 1. The molecule has 0 radical (unpaired) electrons. The van der Waals surface area contributed by atoms with E-state index in [1.807, 2.05) is 24.3 Å². The van der Waals surface area contributed by atoms with Gasteiger partial charge in [0.05, 0.1) is 28.0 Å². The second-order valence-corrected chi connectivity index (χ2v) is 8.62. The highest BCUT2D eigenvalue weighted by Crippen LogP contribution is 2.28. The lowest BCUT2D eigenvalue weighted by Gasteiger charge is -2.27. The predicted molar refractivity (Wildman–Crippen MR) is 117 cm³/mol. The molecule has 4 aromatic rings. The molecule has 0 aliphatic rings. The highest BCUT2D eigenvalue weighted by Gasteiger charge is 2.17. The van der Waals surface area contributed by atoms with Crippen molar-refractivity contribution in [3.63, 3.8) is 0 Å². The van der Waals surface area contributed by atoms with Gasteiger partial charge in [-0.15, -0.1) is 22.7 Å². The third kappa shape index (κ3) is 4.06. The van der Waals surface area contributed by atoms with Gasteiger partial charge in [0.25, 0.3) is 5.56 Å². The molecule has 0 aliphatic carbocycles. The number of para-hydroxylation sites is 1. The van der Waals surface area contributed by atoms with Crippen molar-refractivity contribution in [1.29, 1.82) is 0 Å². The van der Waals surface area contributed by atoms with E-state index in [1.54, 1.807) is 28.7 Å². The molecule has 1 aromatic carbocycles. The van der Waals surface area contributed by atoms with E-state index in [1.165, 1.54) is 4.88 Å². The SMILES string of the molecule is CCC(C)N(Cc1csc(-c2cccs2)n1)Cc1nc2ccccc2c(=O)[nH]1. The van der Waals surface area contributed by atoms with Gasteiger partial charge < -0.3 is 4.98 Å². The first-order valence-electron chi connectivity index (χ1n) is 9.34. The number of benzene rings is 1. The number of thiophene rings is 1. The van der Waals surface area contributed by atoms with Gasteiger partial charge in [-0.25, -0.2) is 9.97 Å². The molecule has 0 amide bonds. The quantitative estimate of drug-likeness (QED) is 0.470. The Morgan fingerprint density at radius 3 is 2.75 bits per heavy atom. The Morgan fingerprint density at radius 1 is 1.11 bits per heavy atom. The molecule has 7 heteroatoms. The van der Waals surface area contributed by atoms with Crippen molar-refractivity contribution in [2.45, 2.75) is 39.4 Å². The van der Waals surface area contributed by atoms with E-state index in [4.69, 9.17) is 4.98 Å². The van der Waals surface area contributed by atoms with E-state index in [-0.39, 0.29) is 5.56 Å². The van der Waals surface area contributed by atoms with Gasteiger partial charge in [-0.3, -0.25) is 9.69 Å². The van der Waals surface area contributed by atoms with Crippen molar-refractivity contribution >= 4 is 33.6 Å². The van der Waals surface area contributed by atoms with Crippen LogP contribution in [-0.4, -0.2) is 25.9 Å². The van der Waals surface area contributed by atoms with Crippen molar-refractivity contribution in [1.82, 2.24) is 19.9 Å². The molecule has 1 N–H and O–H groups in total. The summed E-state index contributed by atoms with van der Waals surface area (Å²) >= 11 is 3.39. The van der Waals surface area contributed by atoms with Crippen molar-refractivity contribution in [3.8, 4) is 9.88 Å². The molecule has 3 heterocycles. The Hall–Kier alpha value is -2.35. The molecule has 0 saturated heterocycles. The van der Waals surface area contributed by atoms with Crippen molar-refractivity contribution in [3.05, 3.63) is 69.0 Å². The third-order valence-electron chi connectivity index (χ3n) is 4.88. The highest BCUT2D eigenvalue weighted by molar-refractivity contribution is 7.20. The largest absolute Gasteiger partial charge is 0.309 e. The zero-order chi connectivity index (χ0) is 19.5. The van der Waals surface area contributed by atoms with Crippen LogP contribution in [0.5, 0.6) is 0 Å². The number of aromatic amines is 1. The van der Waals surface area contributed by atoms with E-state index < -0.39 is 0 Å². The van der Waals surface area contributed by atoms with Crippen LogP contribution in [0.4, 0.5) is 0 Å². The Bertz CT molecular complexity index is 1120. The third-order valence-corrected chi connectivity index (χ3v) is 6.81. The van der Waals surface area contributed by atoms with Gasteiger partial charge in [-0.2, -0.15) is 0 Å². The number of nitrogens with zero attached hydrogens (tertiary/aromatic N) is 3. The summed E-state index contributed by atoms with van der Waals surface area (Å²) in [6.45, 7) is 5.69. The molecule has 1 unspecified atom stereocenters. The Balaban J connectivity index is 1.58. The minimum atomic E-state index is -0.0849. The van der Waals surface area contributed by atoms with E-state index in [0.29, 0.717) is 23.8 Å². The molecule has 0 saturated carbocycles. The van der Waals surface area contributed by atoms with Gasteiger partial charge in [0.1, 0.15) is 10.8 Å². The average Bonchev–Trinajstić information content (AvgIpc) is 3.38. The normalized spacial score (nSPS) is 12.7. The highest BCUT2D eigenvalue weighted by atomic mass is 32.1. The second-order valence-electron chi connectivity index (χ2n) is 6.81. The van der Waals surface area contributed by atoms with Crippen LogP contribution in [0.3, 0.4) is 0 Å². The maximum Gasteiger partial charge on any atom is 0.258 e. The zero-order valence-corrected chi connectivity index (χ0v) is 17.5. The van der Waals surface area contributed by atoms with E-state index in [9.17, 15) is 4.79 Å². The van der Waals surface area contributed by atoms with Crippen LogP contribution in [0.1, 0.15) is 31.8 Å². The van der Waals surface area contributed by atoms with Gasteiger partial charge in [-0.1, -0.05) is 25.1 Å². The summed E-state index contributed by atoms with van der Waals surface area (Å²) in [5.41, 5.74) is 1.70. The summed E-state index contributed by atoms with van der Waals surface area (Å²) in [4.78, 5) is 28.3.